The van der Waals surface area contributed by atoms with E-state index in [0.717, 1.165) is 69.8 Å². The summed E-state index contributed by atoms with van der Waals surface area (Å²) in [4.78, 5) is 40.0. The molecule has 3 saturated heterocycles. The second-order valence-corrected chi connectivity index (χ2v) is 8.54. The van der Waals surface area contributed by atoms with Gasteiger partial charge in [0.15, 0.2) is 0 Å². The molecule has 0 atom stereocenters. The van der Waals surface area contributed by atoms with E-state index in [9.17, 15) is 9.59 Å². The third-order valence-corrected chi connectivity index (χ3v) is 6.37. The van der Waals surface area contributed by atoms with Gasteiger partial charge in [0, 0.05) is 51.7 Å². The van der Waals surface area contributed by atoms with Crippen LogP contribution in [-0.4, -0.2) is 88.0 Å². The van der Waals surface area contributed by atoms with E-state index in [2.05, 4.69) is 14.9 Å². The number of nitrogens with zero attached hydrogens (tertiary/aromatic N) is 5. The van der Waals surface area contributed by atoms with E-state index in [1.165, 1.54) is 0 Å². The molecule has 3 fully saturated rings. The van der Waals surface area contributed by atoms with Crippen LogP contribution < -0.4 is 0 Å². The molecule has 3 aliphatic rings. The van der Waals surface area contributed by atoms with Crippen LogP contribution in [0.3, 0.4) is 0 Å². The molecular weight excluding hydrogens is 370 g/mol. The molecule has 8 nitrogen and oxygen atoms in total. The molecule has 1 spiro atoms. The maximum atomic E-state index is 12.9. The smallest absolute Gasteiger partial charge is 0.242 e. The maximum absolute atomic E-state index is 12.9. The summed E-state index contributed by atoms with van der Waals surface area (Å²) in [5.74, 6) is 0.119. The van der Waals surface area contributed by atoms with Crippen molar-refractivity contribution in [2.24, 2.45) is 0 Å². The average Bonchev–Trinajstić information content (AvgIpc) is 3.21. The van der Waals surface area contributed by atoms with Gasteiger partial charge in [0.2, 0.25) is 11.8 Å². The van der Waals surface area contributed by atoms with Gasteiger partial charge in [-0.25, -0.2) is 0 Å². The molecular formula is C21H31N5O3. The largest absolute Gasteiger partial charge is 0.373 e. The molecule has 8 heteroatoms. The molecule has 0 radical (unpaired) electrons. The summed E-state index contributed by atoms with van der Waals surface area (Å²) in [6.07, 6.45) is 7.79. The van der Waals surface area contributed by atoms with Crippen LogP contribution in [0.25, 0.3) is 0 Å². The summed E-state index contributed by atoms with van der Waals surface area (Å²) >= 11 is 0. The maximum Gasteiger partial charge on any atom is 0.242 e. The fraction of sp³-hybridized carbons (Fsp3) is 0.714. The molecule has 0 aromatic carbocycles. The van der Waals surface area contributed by atoms with Crippen molar-refractivity contribution in [3.05, 3.63) is 23.8 Å². The van der Waals surface area contributed by atoms with E-state index in [1.807, 2.05) is 18.0 Å². The van der Waals surface area contributed by atoms with Crippen LogP contribution in [0.15, 0.2) is 12.4 Å². The normalized spacial score (nSPS) is 22.9. The fourth-order valence-electron chi connectivity index (χ4n) is 4.50. The van der Waals surface area contributed by atoms with E-state index in [1.54, 1.807) is 11.1 Å². The molecule has 3 aliphatic heterocycles. The van der Waals surface area contributed by atoms with Gasteiger partial charge in [-0.05, 0) is 32.6 Å². The molecule has 4 rings (SSSR count). The minimum absolute atomic E-state index is 0.0490. The first-order chi connectivity index (χ1) is 14.0. The zero-order valence-electron chi connectivity index (χ0n) is 17.3. The molecule has 0 bridgehead atoms. The van der Waals surface area contributed by atoms with Crippen LogP contribution in [0.2, 0.25) is 0 Å². The Kier molecular flexibility index (Phi) is 6.10. The topological polar surface area (TPSA) is 78.9 Å². The number of hydrogen-bond donors (Lipinski definition) is 0. The third-order valence-electron chi connectivity index (χ3n) is 6.37. The third kappa shape index (κ3) is 4.93. The summed E-state index contributed by atoms with van der Waals surface area (Å²) in [5, 5.41) is 0. The molecule has 4 heterocycles. The molecule has 158 valence electrons. The van der Waals surface area contributed by atoms with E-state index >= 15 is 0 Å². The highest BCUT2D eigenvalue weighted by atomic mass is 16.5. The Morgan fingerprint density at radius 2 is 1.86 bits per heavy atom. The molecule has 29 heavy (non-hydrogen) atoms. The standard InChI is InChI=1S/C21H31N5O3/c1-17-13-23-18(14-22-17)15-24-8-4-21(5-9-24)12-19(27)26(10-11-29-21)16-20(28)25-6-2-3-7-25/h13-14H,2-12,15-16H2,1H3. The van der Waals surface area contributed by atoms with Crippen LogP contribution in [0.5, 0.6) is 0 Å². The molecule has 0 N–H and O–H groups in total. The Balaban J connectivity index is 1.30. The Morgan fingerprint density at radius 1 is 1.10 bits per heavy atom. The van der Waals surface area contributed by atoms with Crippen molar-refractivity contribution < 1.29 is 14.3 Å². The Bertz CT molecular complexity index is 724. The van der Waals surface area contributed by atoms with E-state index < -0.39 is 5.60 Å². The van der Waals surface area contributed by atoms with E-state index in [0.29, 0.717) is 19.6 Å². The van der Waals surface area contributed by atoms with Crippen molar-refractivity contribution in [1.82, 2.24) is 24.7 Å². The highest BCUT2D eigenvalue weighted by molar-refractivity contribution is 5.85. The van der Waals surface area contributed by atoms with Crippen LogP contribution >= 0.6 is 0 Å². The van der Waals surface area contributed by atoms with Gasteiger partial charge in [-0.1, -0.05) is 0 Å². The van der Waals surface area contributed by atoms with Gasteiger partial charge in [-0.3, -0.25) is 24.5 Å². The van der Waals surface area contributed by atoms with E-state index in [-0.39, 0.29) is 18.4 Å². The average molecular weight is 402 g/mol. The lowest BCUT2D eigenvalue weighted by molar-refractivity contribution is -0.141. The van der Waals surface area contributed by atoms with Crippen molar-refractivity contribution in [3.8, 4) is 0 Å². The monoisotopic (exact) mass is 401 g/mol. The lowest BCUT2D eigenvalue weighted by Gasteiger charge is -2.40. The van der Waals surface area contributed by atoms with Crippen molar-refractivity contribution in [1.29, 1.82) is 0 Å². The van der Waals surface area contributed by atoms with Crippen LogP contribution in [0.4, 0.5) is 0 Å². The van der Waals surface area contributed by atoms with Gasteiger partial charge in [0.05, 0.1) is 36.6 Å². The predicted octanol–water partition coefficient (Wildman–Crippen LogP) is 0.991. The summed E-state index contributed by atoms with van der Waals surface area (Å²) in [7, 11) is 0. The van der Waals surface area contributed by atoms with Gasteiger partial charge in [-0.15, -0.1) is 0 Å². The van der Waals surface area contributed by atoms with Crippen molar-refractivity contribution >= 4 is 11.8 Å². The number of carbonyl (C=O) groups is 2. The summed E-state index contributed by atoms with van der Waals surface area (Å²) in [5.41, 5.74) is 1.50. The minimum Gasteiger partial charge on any atom is -0.373 e. The molecule has 0 unspecified atom stereocenters. The molecule has 2 amide bonds. The van der Waals surface area contributed by atoms with Gasteiger partial charge in [0.25, 0.3) is 0 Å². The van der Waals surface area contributed by atoms with Gasteiger partial charge in [-0.2, -0.15) is 0 Å². The number of amides is 2. The van der Waals surface area contributed by atoms with Crippen LogP contribution in [0.1, 0.15) is 43.5 Å². The van der Waals surface area contributed by atoms with Crippen molar-refractivity contribution in [3.63, 3.8) is 0 Å². The summed E-state index contributed by atoms with van der Waals surface area (Å²) < 4.78 is 6.21. The predicted molar refractivity (Wildman–Crippen MR) is 107 cm³/mol. The first kappa shape index (κ1) is 20.2. The van der Waals surface area contributed by atoms with Crippen LogP contribution in [-0.2, 0) is 20.9 Å². The Labute approximate surface area is 172 Å². The summed E-state index contributed by atoms with van der Waals surface area (Å²) in [6, 6.07) is 0. The van der Waals surface area contributed by atoms with Crippen molar-refractivity contribution in [2.75, 3.05) is 45.9 Å². The fourth-order valence-corrected chi connectivity index (χ4v) is 4.50. The number of aryl methyl sites for hydroxylation is 1. The molecule has 1 aromatic heterocycles. The lowest BCUT2D eigenvalue weighted by Crippen LogP contribution is -2.47. The zero-order valence-corrected chi connectivity index (χ0v) is 17.3. The molecule has 1 aromatic rings. The Morgan fingerprint density at radius 3 is 2.55 bits per heavy atom. The number of hydrogen-bond acceptors (Lipinski definition) is 6. The zero-order chi connectivity index (χ0) is 20.3. The van der Waals surface area contributed by atoms with Gasteiger partial charge >= 0.3 is 0 Å². The van der Waals surface area contributed by atoms with Crippen LogP contribution in [0, 0.1) is 6.92 Å². The minimum atomic E-state index is -0.391. The number of carbonyl (C=O) groups excluding carboxylic acids is 2. The highest BCUT2D eigenvalue weighted by Gasteiger charge is 2.41. The quantitative estimate of drug-likeness (QED) is 0.749. The van der Waals surface area contributed by atoms with Crippen molar-refractivity contribution in [2.45, 2.75) is 51.2 Å². The van der Waals surface area contributed by atoms with Gasteiger partial charge in [0.1, 0.15) is 0 Å². The SMILES string of the molecule is Cc1cnc(CN2CCC3(CC2)CC(=O)N(CC(=O)N2CCCC2)CCO3)cn1. The summed E-state index contributed by atoms with van der Waals surface area (Å²) in [6.45, 7) is 7.29. The van der Waals surface area contributed by atoms with E-state index in [4.69, 9.17) is 4.74 Å². The number of piperidine rings is 1. The number of likely N-dealkylation sites (tertiary alicyclic amines) is 2. The number of ether oxygens (including phenoxy) is 1. The lowest BCUT2D eigenvalue weighted by atomic mass is 9.87. The first-order valence-corrected chi connectivity index (χ1v) is 10.7. The second kappa shape index (κ2) is 8.75. The van der Waals surface area contributed by atoms with Gasteiger partial charge < -0.3 is 14.5 Å². The molecule has 0 saturated carbocycles. The Hall–Kier alpha value is -2.06. The number of aromatic nitrogens is 2. The first-order valence-electron chi connectivity index (χ1n) is 10.7. The second-order valence-electron chi connectivity index (χ2n) is 8.54. The highest BCUT2D eigenvalue weighted by Crippen LogP contribution is 2.32. The molecule has 0 aliphatic carbocycles. The number of rotatable bonds is 4.